The third kappa shape index (κ3) is 3.44. The third-order valence-electron chi connectivity index (χ3n) is 3.73. The van der Waals surface area contributed by atoms with E-state index in [-0.39, 0.29) is 0 Å². The van der Waals surface area contributed by atoms with Crippen LogP contribution in [0, 0.1) is 0 Å². The lowest BCUT2D eigenvalue weighted by atomic mass is 10.2. The molecular weight excluding hydrogens is 334 g/mol. The Morgan fingerprint density at radius 2 is 1.54 bits per heavy atom. The number of benzene rings is 1. The predicted molar refractivity (Wildman–Crippen MR) is 91.2 cm³/mol. The van der Waals surface area contributed by atoms with Crippen molar-refractivity contribution in [1.29, 1.82) is 0 Å². The van der Waals surface area contributed by atoms with Gasteiger partial charge in [-0.1, -0.05) is 16.4 Å². The molecule has 0 aliphatic carbocycles. The van der Waals surface area contributed by atoms with Crippen LogP contribution in [0.1, 0.15) is 11.8 Å². The first-order valence-corrected chi connectivity index (χ1v) is 8.03. The van der Waals surface area contributed by atoms with Gasteiger partial charge in [-0.05, 0) is 36.4 Å². The Hall–Kier alpha value is -3.55. The van der Waals surface area contributed by atoms with Crippen LogP contribution in [0.4, 0.5) is 0 Å². The summed E-state index contributed by atoms with van der Waals surface area (Å²) < 4.78 is 15.7. The van der Waals surface area contributed by atoms with Crippen LogP contribution in [0.25, 0.3) is 22.9 Å². The molecule has 0 fully saturated rings. The van der Waals surface area contributed by atoms with Crippen LogP contribution >= 0.6 is 0 Å². The van der Waals surface area contributed by atoms with E-state index in [4.69, 9.17) is 13.8 Å². The standard InChI is InChI=1S/C18H15N5O3/c1-24-13-7-5-12(6-8-13)17-20-15(25-22-17)9-10-16-21-18(23-26-16)14-4-2-3-11-19-14/h2-8,11H,9-10H2,1H3. The molecule has 4 rings (SSSR count). The fourth-order valence-electron chi connectivity index (χ4n) is 2.38. The number of ether oxygens (including phenoxy) is 1. The quantitative estimate of drug-likeness (QED) is 0.524. The molecule has 26 heavy (non-hydrogen) atoms. The SMILES string of the molecule is COc1ccc(-c2noc(CCc3nc(-c4ccccn4)no3)n2)cc1. The van der Waals surface area contributed by atoms with Gasteiger partial charge in [0, 0.05) is 24.6 Å². The fourth-order valence-corrected chi connectivity index (χ4v) is 2.38. The molecule has 0 unspecified atom stereocenters. The van der Waals surface area contributed by atoms with Crippen molar-refractivity contribution in [1.82, 2.24) is 25.3 Å². The molecule has 8 nitrogen and oxygen atoms in total. The minimum absolute atomic E-state index is 0.463. The Morgan fingerprint density at radius 1 is 0.846 bits per heavy atom. The highest BCUT2D eigenvalue weighted by Gasteiger charge is 2.13. The molecular formula is C18H15N5O3. The molecule has 0 amide bonds. The van der Waals surface area contributed by atoms with Crippen molar-refractivity contribution in [3.8, 4) is 28.7 Å². The van der Waals surface area contributed by atoms with E-state index < -0.39 is 0 Å². The molecule has 4 aromatic rings. The van der Waals surface area contributed by atoms with E-state index in [2.05, 4.69) is 25.3 Å². The maximum Gasteiger partial charge on any atom is 0.227 e. The first kappa shape index (κ1) is 15.9. The zero-order chi connectivity index (χ0) is 17.8. The summed E-state index contributed by atoms with van der Waals surface area (Å²) in [5.41, 5.74) is 1.53. The van der Waals surface area contributed by atoms with Crippen molar-refractivity contribution in [2.75, 3.05) is 7.11 Å². The van der Waals surface area contributed by atoms with Gasteiger partial charge in [0.2, 0.25) is 23.4 Å². The monoisotopic (exact) mass is 349 g/mol. The van der Waals surface area contributed by atoms with Crippen LogP contribution in [0.5, 0.6) is 5.75 Å². The molecule has 0 aliphatic heterocycles. The largest absolute Gasteiger partial charge is 0.497 e. The van der Waals surface area contributed by atoms with Gasteiger partial charge in [-0.25, -0.2) is 0 Å². The average molecular weight is 349 g/mol. The number of hydrogen-bond donors (Lipinski definition) is 0. The highest BCUT2D eigenvalue weighted by Crippen LogP contribution is 2.20. The van der Waals surface area contributed by atoms with Gasteiger partial charge in [-0.15, -0.1) is 0 Å². The van der Waals surface area contributed by atoms with E-state index in [0.717, 1.165) is 11.3 Å². The molecule has 0 aliphatic rings. The van der Waals surface area contributed by atoms with E-state index in [1.807, 2.05) is 42.5 Å². The first-order chi connectivity index (χ1) is 12.8. The summed E-state index contributed by atoms with van der Waals surface area (Å²) in [4.78, 5) is 12.9. The normalized spacial score (nSPS) is 10.8. The summed E-state index contributed by atoms with van der Waals surface area (Å²) >= 11 is 0. The molecule has 0 N–H and O–H groups in total. The van der Waals surface area contributed by atoms with Crippen molar-refractivity contribution in [2.45, 2.75) is 12.8 Å². The van der Waals surface area contributed by atoms with Crippen molar-refractivity contribution in [2.24, 2.45) is 0 Å². The van der Waals surface area contributed by atoms with Crippen LogP contribution in [0.2, 0.25) is 0 Å². The molecule has 0 bridgehead atoms. The molecule has 0 saturated carbocycles. The number of aryl methyl sites for hydroxylation is 2. The Balaban J connectivity index is 1.41. The van der Waals surface area contributed by atoms with E-state index in [1.54, 1.807) is 13.3 Å². The van der Waals surface area contributed by atoms with Gasteiger partial charge in [0.15, 0.2) is 0 Å². The van der Waals surface area contributed by atoms with Crippen LogP contribution in [0.15, 0.2) is 57.7 Å². The Labute approximate surface area is 148 Å². The second kappa shape index (κ2) is 7.14. The highest BCUT2D eigenvalue weighted by atomic mass is 16.5. The topological polar surface area (TPSA) is 100.0 Å². The summed E-state index contributed by atoms with van der Waals surface area (Å²) in [5.74, 6) is 2.77. The van der Waals surface area contributed by atoms with Gasteiger partial charge in [0.25, 0.3) is 0 Å². The van der Waals surface area contributed by atoms with Crippen molar-refractivity contribution in [3.63, 3.8) is 0 Å². The van der Waals surface area contributed by atoms with Gasteiger partial charge in [0.1, 0.15) is 11.4 Å². The molecule has 1 aromatic carbocycles. The molecule has 3 heterocycles. The van der Waals surface area contributed by atoms with Crippen molar-refractivity contribution < 1.29 is 13.8 Å². The smallest absolute Gasteiger partial charge is 0.227 e. The van der Waals surface area contributed by atoms with Gasteiger partial charge < -0.3 is 13.8 Å². The molecule has 0 spiro atoms. The maximum absolute atomic E-state index is 5.29. The van der Waals surface area contributed by atoms with E-state index in [9.17, 15) is 0 Å². The lowest BCUT2D eigenvalue weighted by Gasteiger charge is -1.98. The van der Waals surface area contributed by atoms with Crippen LogP contribution in [-0.2, 0) is 12.8 Å². The van der Waals surface area contributed by atoms with Gasteiger partial charge in [-0.2, -0.15) is 9.97 Å². The van der Waals surface area contributed by atoms with Crippen LogP contribution < -0.4 is 4.74 Å². The summed E-state index contributed by atoms with van der Waals surface area (Å²) in [5, 5.41) is 7.94. The Kier molecular flexibility index (Phi) is 4.38. The molecule has 0 atom stereocenters. The molecule has 8 heteroatoms. The minimum atomic E-state index is 0.463. The average Bonchev–Trinajstić information content (AvgIpc) is 3.37. The van der Waals surface area contributed by atoms with Gasteiger partial charge in [0.05, 0.1) is 7.11 Å². The first-order valence-electron chi connectivity index (χ1n) is 8.03. The summed E-state index contributed by atoms with van der Waals surface area (Å²) in [7, 11) is 1.62. The number of rotatable bonds is 6. The van der Waals surface area contributed by atoms with Gasteiger partial charge >= 0.3 is 0 Å². The summed E-state index contributed by atoms with van der Waals surface area (Å²) in [6, 6.07) is 13.0. The van der Waals surface area contributed by atoms with E-state index in [0.29, 0.717) is 42.0 Å². The fraction of sp³-hybridized carbons (Fsp3) is 0.167. The number of aromatic nitrogens is 5. The Morgan fingerprint density at radius 3 is 2.19 bits per heavy atom. The lowest BCUT2D eigenvalue weighted by Crippen LogP contribution is -1.92. The third-order valence-corrected chi connectivity index (χ3v) is 3.73. The van der Waals surface area contributed by atoms with Crippen molar-refractivity contribution in [3.05, 3.63) is 60.4 Å². The van der Waals surface area contributed by atoms with Crippen LogP contribution in [-0.4, -0.2) is 32.4 Å². The van der Waals surface area contributed by atoms with E-state index in [1.165, 1.54) is 0 Å². The second-order valence-corrected chi connectivity index (χ2v) is 5.47. The van der Waals surface area contributed by atoms with Crippen molar-refractivity contribution >= 4 is 0 Å². The number of pyridine rings is 1. The molecule has 0 radical (unpaired) electrons. The van der Waals surface area contributed by atoms with E-state index >= 15 is 0 Å². The van der Waals surface area contributed by atoms with Gasteiger partial charge in [-0.3, -0.25) is 4.98 Å². The summed E-state index contributed by atoms with van der Waals surface area (Å²) in [6.45, 7) is 0. The number of nitrogens with zero attached hydrogens (tertiary/aromatic N) is 5. The zero-order valence-corrected chi connectivity index (χ0v) is 14.0. The molecule has 3 aromatic heterocycles. The molecule has 0 saturated heterocycles. The number of hydrogen-bond acceptors (Lipinski definition) is 8. The highest BCUT2D eigenvalue weighted by molar-refractivity contribution is 5.55. The summed E-state index contributed by atoms with van der Waals surface area (Å²) in [6.07, 6.45) is 2.70. The van der Waals surface area contributed by atoms with Crippen LogP contribution in [0.3, 0.4) is 0 Å². The zero-order valence-electron chi connectivity index (χ0n) is 14.0. The minimum Gasteiger partial charge on any atom is -0.497 e. The Bertz CT molecular complexity index is 980. The predicted octanol–water partition coefficient (Wildman–Crippen LogP) is 2.98. The lowest BCUT2D eigenvalue weighted by molar-refractivity contribution is 0.354. The number of methoxy groups -OCH3 is 1. The molecule has 130 valence electrons. The second-order valence-electron chi connectivity index (χ2n) is 5.47. The maximum atomic E-state index is 5.29.